The summed E-state index contributed by atoms with van der Waals surface area (Å²) in [4.78, 5) is 0. The van der Waals surface area contributed by atoms with Gasteiger partial charge in [0.1, 0.15) is 0 Å². The average molecular weight is 169 g/mol. The molecular formula is C4H9O5S-. The van der Waals surface area contributed by atoms with E-state index < -0.39 is 16.5 Å². The Bertz CT molecular complexity index is 172. The third-order valence-corrected chi connectivity index (χ3v) is 1.25. The number of hydrogen-bond donors (Lipinski definition) is 0. The molecule has 1 unspecified atom stereocenters. The van der Waals surface area contributed by atoms with Gasteiger partial charge in [0, 0.05) is 7.11 Å². The first kappa shape index (κ1) is 9.83. The summed E-state index contributed by atoms with van der Waals surface area (Å²) in [6.07, 6.45) is -0.715. The van der Waals surface area contributed by atoms with Crippen molar-refractivity contribution in [2.75, 3.05) is 13.7 Å². The lowest BCUT2D eigenvalue weighted by Gasteiger charge is -2.13. The van der Waals surface area contributed by atoms with Crippen LogP contribution in [0.5, 0.6) is 0 Å². The molecule has 0 aliphatic carbocycles. The first-order valence-electron chi connectivity index (χ1n) is 2.58. The van der Waals surface area contributed by atoms with Gasteiger partial charge in [-0.05, 0) is 6.92 Å². The summed E-state index contributed by atoms with van der Waals surface area (Å²) in [5.74, 6) is 0. The fourth-order valence-corrected chi connectivity index (χ4v) is 0.922. The SMILES string of the molecule is COCC(C)OS(=O)(=O)[O-]. The van der Waals surface area contributed by atoms with Gasteiger partial charge in [0.05, 0.1) is 12.7 Å². The molecule has 0 saturated heterocycles. The smallest absolute Gasteiger partial charge is 0.217 e. The van der Waals surface area contributed by atoms with Gasteiger partial charge in [-0.3, -0.25) is 4.18 Å². The highest BCUT2D eigenvalue weighted by atomic mass is 32.3. The predicted octanol–water partition coefficient (Wildman–Crippen LogP) is -0.502. The van der Waals surface area contributed by atoms with Crippen molar-refractivity contribution in [1.29, 1.82) is 0 Å². The molecule has 62 valence electrons. The molecule has 0 rings (SSSR count). The molecule has 1 atom stereocenters. The second-order valence-electron chi connectivity index (χ2n) is 1.77. The Morgan fingerprint density at radius 3 is 2.40 bits per heavy atom. The highest BCUT2D eigenvalue weighted by molar-refractivity contribution is 7.80. The zero-order valence-electron chi connectivity index (χ0n) is 5.73. The van der Waals surface area contributed by atoms with E-state index in [0.29, 0.717) is 0 Å². The lowest BCUT2D eigenvalue weighted by atomic mass is 10.5. The summed E-state index contributed by atoms with van der Waals surface area (Å²) < 4.78 is 38.1. The van der Waals surface area contributed by atoms with Crippen LogP contribution in [0.15, 0.2) is 0 Å². The van der Waals surface area contributed by atoms with Crippen molar-refractivity contribution in [1.82, 2.24) is 0 Å². The topological polar surface area (TPSA) is 75.7 Å². The minimum atomic E-state index is -4.58. The average Bonchev–Trinajstić information content (AvgIpc) is 1.59. The fourth-order valence-electron chi connectivity index (χ4n) is 0.464. The first-order valence-corrected chi connectivity index (χ1v) is 3.92. The zero-order chi connectivity index (χ0) is 8.20. The summed E-state index contributed by atoms with van der Waals surface area (Å²) in [6.45, 7) is 1.51. The van der Waals surface area contributed by atoms with Crippen molar-refractivity contribution in [3.8, 4) is 0 Å². The molecule has 5 nitrogen and oxygen atoms in total. The Labute approximate surface area is 59.9 Å². The van der Waals surface area contributed by atoms with Crippen molar-refractivity contribution in [3.63, 3.8) is 0 Å². The van der Waals surface area contributed by atoms with E-state index in [0.717, 1.165) is 0 Å². The molecule has 6 heteroatoms. The standard InChI is InChI=1S/C4H10O5S/c1-4(3-8-2)9-10(5,6)7/h4H,3H2,1-2H3,(H,5,6,7)/p-1. The quantitative estimate of drug-likeness (QED) is 0.419. The van der Waals surface area contributed by atoms with Crippen molar-refractivity contribution >= 4 is 10.4 Å². The van der Waals surface area contributed by atoms with Gasteiger partial charge in [-0.2, -0.15) is 0 Å². The maximum absolute atomic E-state index is 9.88. The number of ether oxygens (including phenoxy) is 1. The molecule has 0 N–H and O–H groups in total. The molecule has 0 spiro atoms. The Balaban J connectivity index is 3.69. The number of rotatable bonds is 4. The summed E-state index contributed by atoms with van der Waals surface area (Å²) in [5.41, 5.74) is 0. The van der Waals surface area contributed by atoms with Crippen LogP contribution in [0.3, 0.4) is 0 Å². The third-order valence-electron chi connectivity index (χ3n) is 0.683. The Hall–Kier alpha value is -0.170. The summed E-state index contributed by atoms with van der Waals surface area (Å²) in [6, 6.07) is 0. The van der Waals surface area contributed by atoms with Gasteiger partial charge in [0.25, 0.3) is 0 Å². The van der Waals surface area contributed by atoms with Gasteiger partial charge in [-0.25, -0.2) is 8.42 Å². The van der Waals surface area contributed by atoms with Crippen LogP contribution in [0.1, 0.15) is 6.92 Å². The molecule has 0 radical (unpaired) electrons. The Morgan fingerprint density at radius 1 is 1.60 bits per heavy atom. The molecule has 0 aliphatic heterocycles. The van der Waals surface area contributed by atoms with Gasteiger partial charge in [0.2, 0.25) is 10.4 Å². The molecule has 0 aliphatic rings. The van der Waals surface area contributed by atoms with Crippen LogP contribution in [0.25, 0.3) is 0 Å². The van der Waals surface area contributed by atoms with Crippen LogP contribution in [-0.2, 0) is 19.3 Å². The molecule has 0 aromatic rings. The number of methoxy groups -OCH3 is 1. The van der Waals surface area contributed by atoms with Gasteiger partial charge < -0.3 is 9.29 Å². The molecular weight excluding hydrogens is 160 g/mol. The van der Waals surface area contributed by atoms with Crippen LogP contribution in [-0.4, -0.2) is 32.8 Å². The lowest BCUT2D eigenvalue weighted by Crippen LogP contribution is -2.19. The second-order valence-corrected chi connectivity index (χ2v) is 2.78. The molecule has 0 heterocycles. The lowest BCUT2D eigenvalue weighted by molar-refractivity contribution is 0.0862. The molecule has 0 bridgehead atoms. The summed E-state index contributed by atoms with van der Waals surface area (Å²) >= 11 is 0. The van der Waals surface area contributed by atoms with E-state index in [1.807, 2.05) is 0 Å². The van der Waals surface area contributed by atoms with Crippen molar-refractivity contribution in [3.05, 3.63) is 0 Å². The highest BCUT2D eigenvalue weighted by Crippen LogP contribution is 1.95. The maximum atomic E-state index is 9.88. The molecule has 0 saturated carbocycles. The largest absolute Gasteiger partial charge is 0.726 e. The Morgan fingerprint density at radius 2 is 2.10 bits per heavy atom. The fraction of sp³-hybridized carbons (Fsp3) is 1.00. The van der Waals surface area contributed by atoms with Crippen LogP contribution in [0.2, 0.25) is 0 Å². The predicted molar refractivity (Wildman–Crippen MR) is 32.1 cm³/mol. The van der Waals surface area contributed by atoms with Gasteiger partial charge >= 0.3 is 0 Å². The van der Waals surface area contributed by atoms with Crippen LogP contribution < -0.4 is 0 Å². The van der Waals surface area contributed by atoms with Crippen molar-refractivity contribution in [2.24, 2.45) is 0 Å². The van der Waals surface area contributed by atoms with Crippen LogP contribution >= 0.6 is 0 Å². The van der Waals surface area contributed by atoms with E-state index in [1.165, 1.54) is 14.0 Å². The maximum Gasteiger partial charge on any atom is 0.217 e. The van der Waals surface area contributed by atoms with Crippen LogP contribution in [0, 0.1) is 0 Å². The zero-order valence-corrected chi connectivity index (χ0v) is 6.55. The molecule has 0 amide bonds. The van der Waals surface area contributed by atoms with E-state index in [9.17, 15) is 13.0 Å². The van der Waals surface area contributed by atoms with Crippen molar-refractivity contribution in [2.45, 2.75) is 13.0 Å². The molecule has 0 aromatic carbocycles. The third kappa shape index (κ3) is 5.96. The van der Waals surface area contributed by atoms with E-state index in [1.54, 1.807) is 0 Å². The molecule has 0 aromatic heterocycles. The minimum absolute atomic E-state index is 0.0848. The highest BCUT2D eigenvalue weighted by Gasteiger charge is 2.04. The molecule has 10 heavy (non-hydrogen) atoms. The normalized spacial score (nSPS) is 15.1. The minimum Gasteiger partial charge on any atom is -0.726 e. The summed E-state index contributed by atoms with van der Waals surface area (Å²) in [7, 11) is -3.19. The van der Waals surface area contributed by atoms with E-state index in [2.05, 4.69) is 8.92 Å². The summed E-state index contributed by atoms with van der Waals surface area (Å²) in [5, 5.41) is 0. The van der Waals surface area contributed by atoms with Crippen LogP contribution in [0.4, 0.5) is 0 Å². The van der Waals surface area contributed by atoms with Gasteiger partial charge in [-0.1, -0.05) is 0 Å². The molecule has 0 fully saturated rings. The van der Waals surface area contributed by atoms with E-state index in [4.69, 9.17) is 0 Å². The van der Waals surface area contributed by atoms with E-state index >= 15 is 0 Å². The van der Waals surface area contributed by atoms with Crippen molar-refractivity contribution < 1.29 is 21.9 Å². The monoisotopic (exact) mass is 169 g/mol. The number of hydrogen-bond acceptors (Lipinski definition) is 5. The first-order chi connectivity index (χ1) is 4.45. The van der Waals surface area contributed by atoms with Gasteiger partial charge in [-0.15, -0.1) is 0 Å². The second kappa shape index (κ2) is 3.87. The van der Waals surface area contributed by atoms with Gasteiger partial charge in [0.15, 0.2) is 0 Å². The van der Waals surface area contributed by atoms with E-state index in [-0.39, 0.29) is 6.61 Å². The Kier molecular flexibility index (Phi) is 3.80.